The van der Waals surface area contributed by atoms with Crippen LogP contribution in [0, 0.1) is 5.41 Å². The van der Waals surface area contributed by atoms with Crippen LogP contribution < -0.4 is 11.1 Å². The molecule has 0 unspecified atom stereocenters. The zero-order chi connectivity index (χ0) is 10.6. The van der Waals surface area contributed by atoms with Crippen molar-refractivity contribution in [2.24, 2.45) is 11.1 Å². The second-order valence-corrected chi connectivity index (χ2v) is 4.44. The zero-order valence-corrected chi connectivity index (χ0v) is 8.79. The Labute approximate surface area is 79.5 Å². The normalized spacial score (nSPS) is 16.5. The van der Waals surface area contributed by atoms with Crippen molar-refractivity contribution in [1.29, 1.82) is 0 Å². The number of rotatable bonds is 3. The van der Waals surface area contributed by atoms with Gasteiger partial charge in [-0.1, -0.05) is 20.8 Å². The number of aliphatic hydroxyl groups is 1. The van der Waals surface area contributed by atoms with Crippen LogP contribution in [-0.4, -0.2) is 29.7 Å². The SMILES string of the molecule is C[C@@H](CO)NC(=O)[C@H](N)C(C)(C)C. The first kappa shape index (κ1) is 12.4. The van der Waals surface area contributed by atoms with Crippen LogP contribution in [0.25, 0.3) is 0 Å². The van der Waals surface area contributed by atoms with Crippen LogP contribution in [-0.2, 0) is 4.79 Å². The van der Waals surface area contributed by atoms with E-state index in [0.29, 0.717) is 0 Å². The molecule has 0 heterocycles. The minimum absolute atomic E-state index is 0.0669. The average molecular weight is 188 g/mol. The lowest BCUT2D eigenvalue weighted by Crippen LogP contribution is -2.51. The Kier molecular flexibility index (Phi) is 4.36. The summed E-state index contributed by atoms with van der Waals surface area (Å²) in [5, 5.41) is 11.3. The quantitative estimate of drug-likeness (QED) is 0.577. The molecule has 0 spiro atoms. The fourth-order valence-electron chi connectivity index (χ4n) is 0.772. The second-order valence-electron chi connectivity index (χ2n) is 4.44. The van der Waals surface area contributed by atoms with E-state index < -0.39 is 6.04 Å². The molecule has 4 heteroatoms. The fourth-order valence-corrected chi connectivity index (χ4v) is 0.772. The summed E-state index contributed by atoms with van der Waals surface area (Å²) >= 11 is 0. The van der Waals surface area contributed by atoms with E-state index in [1.54, 1.807) is 6.92 Å². The number of nitrogens with one attached hydrogen (secondary N) is 1. The molecule has 0 aliphatic heterocycles. The predicted octanol–water partition coefficient (Wildman–Crippen LogP) is -0.143. The van der Waals surface area contributed by atoms with Crippen molar-refractivity contribution < 1.29 is 9.90 Å². The Hall–Kier alpha value is -0.610. The molecule has 0 saturated heterocycles. The summed E-state index contributed by atoms with van der Waals surface area (Å²) in [6.45, 7) is 7.37. The van der Waals surface area contributed by atoms with Gasteiger partial charge >= 0.3 is 0 Å². The van der Waals surface area contributed by atoms with Gasteiger partial charge in [0, 0.05) is 6.04 Å². The molecule has 0 bridgehead atoms. The molecule has 0 aromatic rings. The molecular weight excluding hydrogens is 168 g/mol. The number of hydrogen-bond acceptors (Lipinski definition) is 3. The highest BCUT2D eigenvalue weighted by Crippen LogP contribution is 2.17. The standard InChI is InChI=1S/C9H20N2O2/c1-6(5-12)11-8(13)7(10)9(2,3)4/h6-7,12H,5,10H2,1-4H3,(H,11,13)/t6-,7-/m0/s1. The molecule has 0 aliphatic rings. The summed E-state index contributed by atoms with van der Waals surface area (Å²) in [4.78, 5) is 11.4. The van der Waals surface area contributed by atoms with Gasteiger partial charge < -0.3 is 16.2 Å². The van der Waals surface area contributed by atoms with Crippen LogP contribution in [0.4, 0.5) is 0 Å². The minimum Gasteiger partial charge on any atom is -0.394 e. The minimum atomic E-state index is -0.540. The van der Waals surface area contributed by atoms with Crippen molar-refractivity contribution in [3.05, 3.63) is 0 Å². The molecule has 0 rings (SSSR count). The van der Waals surface area contributed by atoms with Crippen LogP contribution in [0.15, 0.2) is 0 Å². The van der Waals surface area contributed by atoms with E-state index in [2.05, 4.69) is 5.32 Å². The maximum Gasteiger partial charge on any atom is 0.237 e. The maximum absolute atomic E-state index is 11.4. The van der Waals surface area contributed by atoms with Gasteiger partial charge in [0.1, 0.15) is 0 Å². The van der Waals surface area contributed by atoms with Gasteiger partial charge in [-0.3, -0.25) is 4.79 Å². The van der Waals surface area contributed by atoms with E-state index in [1.165, 1.54) is 0 Å². The highest BCUT2D eigenvalue weighted by Gasteiger charge is 2.27. The van der Waals surface area contributed by atoms with E-state index in [-0.39, 0.29) is 24.0 Å². The largest absolute Gasteiger partial charge is 0.394 e. The molecule has 1 amide bonds. The summed E-state index contributed by atoms with van der Waals surface area (Å²) in [5.74, 6) is -0.214. The van der Waals surface area contributed by atoms with Gasteiger partial charge in [-0.25, -0.2) is 0 Å². The van der Waals surface area contributed by atoms with E-state index in [9.17, 15) is 4.79 Å². The third kappa shape index (κ3) is 4.24. The van der Waals surface area contributed by atoms with Crippen molar-refractivity contribution in [2.75, 3.05) is 6.61 Å². The van der Waals surface area contributed by atoms with Crippen molar-refractivity contribution in [2.45, 2.75) is 39.8 Å². The van der Waals surface area contributed by atoms with Gasteiger partial charge in [-0.2, -0.15) is 0 Å². The zero-order valence-electron chi connectivity index (χ0n) is 8.79. The molecule has 0 aromatic heterocycles. The van der Waals surface area contributed by atoms with E-state index >= 15 is 0 Å². The highest BCUT2D eigenvalue weighted by molar-refractivity contribution is 5.82. The average Bonchev–Trinajstić information content (AvgIpc) is 2.01. The Morgan fingerprint density at radius 1 is 1.54 bits per heavy atom. The van der Waals surface area contributed by atoms with E-state index in [4.69, 9.17) is 10.8 Å². The molecule has 0 radical (unpaired) electrons. The van der Waals surface area contributed by atoms with Gasteiger partial charge in [0.25, 0.3) is 0 Å². The number of hydrogen-bond donors (Lipinski definition) is 3. The lowest BCUT2D eigenvalue weighted by Gasteiger charge is -2.26. The monoisotopic (exact) mass is 188 g/mol. The molecular formula is C9H20N2O2. The van der Waals surface area contributed by atoms with Crippen LogP contribution in [0.3, 0.4) is 0 Å². The molecule has 13 heavy (non-hydrogen) atoms. The molecule has 4 nitrogen and oxygen atoms in total. The number of carbonyl (C=O) groups is 1. The van der Waals surface area contributed by atoms with Gasteiger partial charge in [-0.15, -0.1) is 0 Å². The fraction of sp³-hybridized carbons (Fsp3) is 0.889. The predicted molar refractivity (Wildman–Crippen MR) is 52.1 cm³/mol. The first-order valence-electron chi connectivity index (χ1n) is 4.46. The van der Waals surface area contributed by atoms with Crippen molar-refractivity contribution in [1.82, 2.24) is 5.32 Å². The Morgan fingerprint density at radius 2 is 2.00 bits per heavy atom. The van der Waals surface area contributed by atoms with E-state index in [0.717, 1.165) is 0 Å². The summed E-state index contributed by atoms with van der Waals surface area (Å²) in [6, 6.07) is -0.776. The van der Waals surface area contributed by atoms with E-state index in [1.807, 2.05) is 20.8 Å². The summed E-state index contributed by atoms with van der Waals surface area (Å²) < 4.78 is 0. The summed E-state index contributed by atoms with van der Waals surface area (Å²) in [7, 11) is 0. The summed E-state index contributed by atoms with van der Waals surface area (Å²) in [6.07, 6.45) is 0. The third-order valence-electron chi connectivity index (χ3n) is 1.88. The van der Waals surface area contributed by atoms with Gasteiger partial charge in [0.05, 0.1) is 12.6 Å². The first-order valence-corrected chi connectivity index (χ1v) is 4.46. The lowest BCUT2D eigenvalue weighted by molar-refractivity contribution is -0.125. The molecule has 4 N–H and O–H groups in total. The lowest BCUT2D eigenvalue weighted by atomic mass is 9.87. The van der Waals surface area contributed by atoms with Crippen molar-refractivity contribution in [3.63, 3.8) is 0 Å². The summed E-state index contributed by atoms with van der Waals surface area (Å²) in [5.41, 5.74) is 5.45. The maximum atomic E-state index is 11.4. The van der Waals surface area contributed by atoms with Crippen LogP contribution >= 0.6 is 0 Å². The van der Waals surface area contributed by atoms with Crippen molar-refractivity contribution in [3.8, 4) is 0 Å². The molecule has 78 valence electrons. The van der Waals surface area contributed by atoms with Crippen LogP contribution in [0.5, 0.6) is 0 Å². The molecule has 0 aromatic carbocycles. The first-order chi connectivity index (χ1) is 5.79. The van der Waals surface area contributed by atoms with Crippen LogP contribution in [0.1, 0.15) is 27.7 Å². The number of amides is 1. The second kappa shape index (κ2) is 4.58. The van der Waals surface area contributed by atoms with Crippen molar-refractivity contribution >= 4 is 5.91 Å². The topological polar surface area (TPSA) is 75.3 Å². The smallest absolute Gasteiger partial charge is 0.237 e. The highest BCUT2D eigenvalue weighted by atomic mass is 16.3. The third-order valence-corrected chi connectivity index (χ3v) is 1.88. The van der Waals surface area contributed by atoms with Gasteiger partial charge in [-0.05, 0) is 12.3 Å². The molecule has 0 fully saturated rings. The number of carbonyl (C=O) groups excluding carboxylic acids is 1. The van der Waals surface area contributed by atoms with Gasteiger partial charge in [0.15, 0.2) is 0 Å². The number of aliphatic hydroxyl groups excluding tert-OH is 1. The Bertz CT molecular complexity index is 175. The molecule has 0 aliphatic carbocycles. The van der Waals surface area contributed by atoms with Gasteiger partial charge in [0.2, 0.25) is 5.91 Å². The Balaban J connectivity index is 4.12. The molecule has 0 saturated carbocycles. The Morgan fingerprint density at radius 3 is 2.31 bits per heavy atom. The number of nitrogens with two attached hydrogens (primary N) is 1. The molecule has 2 atom stereocenters. The van der Waals surface area contributed by atoms with Crippen LogP contribution in [0.2, 0.25) is 0 Å².